The van der Waals surface area contributed by atoms with Gasteiger partial charge in [-0.15, -0.1) is 0 Å². The zero-order chi connectivity index (χ0) is 11.5. The smallest absolute Gasteiger partial charge is 0.162 e. The molecule has 16 heavy (non-hydrogen) atoms. The Morgan fingerprint density at radius 1 is 1.62 bits per heavy atom. The van der Waals surface area contributed by atoms with Gasteiger partial charge in [0.2, 0.25) is 0 Å². The fraction of sp³-hybridized carbons (Fsp3) is 0.750. The van der Waals surface area contributed by atoms with E-state index < -0.39 is 6.10 Å². The van der Waals surface area contributed by atoms with Gasteiger partial charge in [-0.1, -0.05) is 19.8 Å². The van der Waals surface area contributed by atoms with Crippen LogP contribution < -0.4 is 4.74 Å². The molecule has 4 nitrogen and oxygen atoms in total. The van der Waals surface area contributed by atoms with Crippen molar-refractivity contribution >= 4 is 0 Å². The molecule has 1 aliphatic rings. The number of aliphatic hydroxyl groups is 1. The highest BCUT2D eigenvalue weighted by atomic mass is 16.5. The van der Waals surface area contributed by atoms with E-state index >= 15 is 0 Å². The SMILES string of the molecule is CCCn1ncc(OC)c1C(O)CC1CC1. The molecule has 1 heterocycles. The van der Waals surface area contributed by atoms with Crippen molar-refractivity contribution in [1.29, 1.82) is 0 Å². The van der Waals surface area contributed by atoms with Gasteiger partial charge in [0.15, 0.2) is 5.75 Å². The number of methoxy groups -OCH3 is 1. The van der Waals surface area contributed by atoms with Gasteiger partial charge in [0.1, 0.15) is 5.69 Å². The summed E-state index contributed by atoms with van der Waals surface area (Å²) in [5, 5.41) is 14.5. The topological polar surface area (TPSA) is 47.3 Å². The number of aryl methyl sites for hydroxylation is 1. The minimum atomic E-state index is -0.434. The summed E-state index contributed by atoms with van der Waals surface area (Å²) in [6, 6.07) is 0. The number of rotatable bonds is 6. The molecule has 0 amide bonds. The van der Waals surface area contributed by atoms with Crippen LogP contribution in [0, 0.1) is 5.92 Å². The molecule has 0 radical (unpaired) electrons. The third-order valence-corrected chi connectivity index (χ3v) is 3.07. The monoisotopic (exact) mass is 224 g/mol. The first-order valence-electron chi connectivity index (χ1n) is 6.04. The highest BCUT2D eigenvalue weighted by Gasteiger charge is 2.28. The van der Waals surface area contributed by atoms with Crippen LogP contribution in [0.15, 0.2) is 6.20 Å². The summed E-state index contributed by atoms with van der Waals surface area (Å²) in [7, 11) is 1.63. The Labute approximate surface area is 96.2 Å². The van der Waals surface area contributed by atoms with E-state index in [1.54, 1.807) is 13.3 Å². The van der Waals surface area contributed by atoms with Crippen molar-refractivity contribution in [3.63, 3.8) is 0 Å². The minimum absolute atomic E-state index is 0.434. The molecule has 0 aliphatic heterocycles. The molecule has 1 unspecified atom stereocenters. The van der Waals surface area contributed by atoms with Crippen molar-refractivity contribution in [1.82, 2.24) is 9.78 Å². The van der Waals surface area contributed by atoms with Gasteiger partial charge in [-0.25, -0.2) is 0 Å². The second kappa shape index (κ2) is 4.87. The number of nitrogens with zero attached hydrogens (tertiary/aromatic N) is 2. The van der Waals surface area contributed by atoms with E-state index in [0.29, 0.717) is 11.7 Å². The number of hydrogen-bond acceptors (Lipinski definition) is 3. The van der Waals surface area contributed by atoms with Crippen LogP contribution in [0.1, 0.15) is 44.4 Å². The van der Waals surface area contributed by atoms with Gasteiger partial charge in [-0.05, 0) is 18.8 Å². The predicted octanol–water partition coefficient (Wildman–Crippen LogP) is 2.14. The molecule has 2 rings (SSSR count). The molecule has 1 fully saturated rings. The Morgan fingerprint density at radius 2 is 2.38 bits per heavy atom. The minimum Gasteiger partial charge on any atom is -0.493 e. The molecule has 1 saturated carbocycles. The predicted molar refractivity (Wildman–Crippen MR) is 61.4 cm³/mol. The third-order valence-electron chi connectivity index (χ3n) is 3.07. The summed E-state index contributed by atoms with van der Waals surface area (Å²) >= 11 is 0. The summed E-state index contributed by atoms with van der Waals surface area (Å²) in [6.07, 6.45) is 5.61. The van der Waals surface area contributed by atoms with Crippen LogP contribution in [-0.4, -0.2) is 22.0 Å². The summed E-state index contributed by atoms with van der Waals surface area (Å²) in [4.78, 5) is 0. The highest BCUT2D eigenvalue weighted by molar-refractivity contribution is 5.27. The maximum Gasteiger partial charge on any atom is 0.162 e. The van der Waals surface area contributed by atoms with Crippen LogP contribution in [0.25, 0.3) is 0 Å². The quantitative estimate of drug-likeness (QED) is 0.805. The zero-order valence-electron chi connectivity index (χ0n) is 10.0. The van der Waals surface area contributed by atoms with E-state index in [1.165, 1.54) is 12.8 Å². The van der Waals surface area contributed by atoms with Crippen LogP contribution in [0.3, 0.4) is 0 Å². The number of aromatic nitrogens is 2. The molecular formula is C12H20N2O2. The molecule has 0 saturated heterocycles. The van der Waals surface area contributed by atoms with Crippen molar-refractivity contribution in [2.24, 2.45) is 5.92 Å². The molecule has 1 aliphatic carbocycles. The lowest BCUT2D eigenvalue weighted by molar-refractivity contribution is 0.145. The van der Waals surface area contributed by atoms with Crippen LogP contribution in [-0.2, 0) is 6.54 Å². The van der Waals surface area contributed by atoms with Gasteiger partial charge in [0.05, 0.1) is 19.4 Å². The Hall–Kier alpha value is -1.03. The van der Waals surface area contributed by atoms with E-state index in [-0.39, 0.29) is 0 Å². The molecular weight excluding hydrogens is 204 g/mol. The lowest BCUT2D eigenvalue weighted by Crippen LogP contribution is -2.10. The molecule has 0 aromatic carbocycles. The summed E-state index contributed by atoms with van der Waals surface area (Å²) in [6.45, 7) is 2.94. The van der Waals surface area contributed by atoms with Gasteiger partial charge in [-0.3, -0.25) is 4.68 Å². The molecule has 1 N–H and O–H groups in total. The maximum absolute atomic E-state index is 10.2. The second-order valence-corrected chi connectivity index (χ2v) is 4.52. The highest BCUT2D eigenvalue weighted by Crippen LogP contribution is 2.39. The van der Waals surface area contributed by atoms with Gasteiger partial charge >= 0.3 is 0 Å². The lowest BCUT2D eigenvalue weighted by Gasteiger charge is -2.14. The van der Waals surface area contributed by atoms with E-state index in [4.69, 9.17) is 4.74 Å². The van der Waals surface area contributed by atoms with E-state index in [0.717, 1.165) is 25.1 Å². The molecule has 90 valence electrons. The van der Waals surface area contributed by atoms with Crippen molar-refractivity contribution in [3.05, 3.63) is 11.9 Å². The Morgan fingerprint density at radius 3 is 2.94 bits per heavy atom. The molecule has 1 aromatic heterocycles. The summed E-state index contributed by atoms with van der Waals surface area (Å²) < 4.78 is 7.12. The summed E-state index contributed by atoms with van der Waals surface area (Å²) in [5.74, 6) is 1.41. The average Bonchev–Trinajstić information content (AvgIpc) is 2.97. The molecule has 1 aromatic rings. The summed E-state index contributed by atoms with van der Waals surface area (Å²) in [5.41, 5.74) is 0.844. The molecule has 0 bridgehead atoms. The first-order valence-corrected chi connectivity index (χ1v) is 6.04. The fourth-order valence-corrected chi connectivity index (χ4v) is 2.04. The van der Waals surface area contributed by atoms with Gasteiger partial charge in [0.25, 0.3) is 0 Å². The molecule has 4 heteroatoms. The normalized spacial score (nSPS) is 17.4. The average molecular weight is 224 g/mol. The maximum atomic E-state index is 10.2. The number of ether oxygens (including phenoxy) is 1. The lowest BCUT2D eigenvalue weighted by atomic mass is 10.1. The largest absolute Gasteiger partial charge is 0.493 e. The van der Waals surface area contributed by atoms with Crippen LogP contribution in [0.4, 0.5) is 0 Å². The standard InChI is InChI=1S/C12H20N2O2/c1-3-6-14-12(11(16-2)8-13-14)10(15)7-9-4-5-9/h8-10,15H,3-7H2,1-2H3. The number of aliphatic hydroxyl groups excluding tert-OH is 1. The van der Waals surface area contributed by atoms with Crippen molar-refractivity contribution in [2.45, 2.75) is 45.3 Å². The van der Waals surface area contributed by atoms with E-state index in [9.17, 15) is 5.11 Å². The van der Waals surface area contributed by atoms with Crippen LogP contribution in [0.2, 0.25) is 0 Å². The van der Waals surface area contributed by atoms with Gasteiger partial charge in [0, 0.05) is 6.54 Å². The first-order chi connectivity index (χ1) is 7.76. The van der Waals surface area contributed by atoms with Gasteiger partial charge < -0.3 is 9.84 Å². The molecule has 0 spiro atoms. The van der Waals surface area contributed by atoms with Gasteiger partial charge in [-0.2, -0.15) is 5.10 Å². The zero-order valence-corrected chi connectivity index (χ0v) is 10.0. The van der Waals surface area contributed by atoms with E-state index in [1.807, 2.05) is 4.68 Å². The van der Waals surface area contributed by atoms with Crippen molar-refractivity contribution in [2.75, 3.05) is 7.11 Å². The second-order valence-electron chi connectivity index (χ2n) is 4.52. The Kier molecular flexibility index (Phi) is 3.49. The van der Waals surface area contributed by atoms with Crippen molar-refractivity contribution in [3.8, 4) is 5.75 Å². The van der Waals surface area contributed by atoms with E-state index in [2.05, 4.69) is 12.0 Å². The molecule has 1 atom stereocenters. The third kappa shape index (κ3) is 2.38. The Balaban J connectivity index is 2.16. The number of hydrogen-bond donors (Lipinski definition) is 1. The van der Waals surface area contributed by atoms with Crippen LogP contribution >= 0.6 is 0 Å². The first kappa shape index (κ1) is 11.5. The van der Waals surface area contributed by atoms with Crippen molar-refractivity contribution < 1.29 is 9.84 Å². The fourth-order valence-electron chi connectivity index (χ4n) is 2.04. The van der Waals surface area contributed by atoms with Crippen LogP contribution in [0.5, 0.6) is 5.75 Å². The Bertz CT molecular complexity index is 345.